The second-order valence-electron chi connectivity index (χ2n) is 6.62. The molecule has 0 atom stereocenters. The molecular weight excluding hydrogens is 368 g/mol. The summed E-state index contributed by atoms with van der Waals surface area (Å²) >= 11 is 8.16. The van der Waals surface area contributed by atoms with E-state index in [1.807, 2.05) is 12.1 Å². The van der Waals surface area contributed by atoms with E-state index in [1.54, 1.807) is 17.4 Å². The number of esters is 1. The molecule has 0 bridgehead atoms. The molecule has 134 valence electrons. The van der Waals surface area contributed by atoms with E-state index >= 15 is 0 Å². The van der Waals surface area contributed by atoms with E-state index in [0.29, 0.717) is 5.15 Å². The average molecular weight is 387 g/mol. The minimum Gasteiger partial charge on any atom is -0.461 e. The number of nitrogens with zero attached hydrogens (tertiary/aromatic N) is 2. The van der Waals surface area contributed by atoms with Crippen LogP contribution >= 0.6 is 22.9 Å². The molecule has 0 N–H and O–H groups in total. The zero-order valence-electron chi connectivity index (χ0n) is 14.3. The number of rotatable bonds is 4. The third-order valence-electron chi connectivity index (χ3n) is 4.98. The van der Waals surface area contributed by atoms with Crippen LogP contribution in [0.1, 0.15) is 37.4 Å². The molecule has 1 aromatic carbocycles. The number of carbonyl (C=O) groups excluding carboxylic acids is 1. The number of ether oxygens (including phenoxy) is 1. The van der Waals surface area contributed by atoms with Gasteiger partial charge >= 0.3 is 5.97 Å². The highest BCUT2D eigenvalue weighted by Gasteiger charge is 2.30. The maximum absolute atomic E-state index is 12.0. The highest BCUT2D eigenvalue weighted by Crippen LogP contribution is 2.40. The number of aromatic nitrogens is 2. The summed E-state index contributed by atoms with van der Waals surface area (Å²) in [6.45, 7) is 3.85. The van der Waals surface area contributed by atoms with Crippen LogP contribution in [0.5, 0.6) is 0 Å². The van der Waals surface area contributed by atoms with Gasteiger partial charge in [0.1, 0.15) is 22.4 Å². The Morgan fingerprint density at radius 3 is 2.81 bits per heavy atom. The van der Waals surface area contributed by atoms with Crippen molar-refractivity contribution in [1.82, 2.24) is 9.97 Å². The lowest BCUT2D eigenvalue weighted by Gasteiger charge is -2.26. The van der Waals surface area contributed by atoms with Gasteiger partial charge in [-0.05, 0) is 31.7 Å². The number of hydrogen-bond donors (Lipinski definition) is 0. The summed E-state index contributed by atoms with van der Waals surface area (Å²) in [5.74, 6) is 0.884. The molecule has 0 radical (unpaired) electrons. The molecule has 0 unspecified atom stereocenters. The van der Waals surface area contributed by atoms with Crippen molar-refractivity contribution in [2.24, 2.45) is 5.92 Å². The molecule has 4 nitrogen and oxygen atoms in total. The fourth-order valence-corrected chi connectivity index (χ4v) is 5.04. The van der Waals surface area contributed by atoms with E-state index in [-0.39, 0.29) is 24.4 Å². The highest BCUT2D eigenvalue weighted by atomic mass is 35.5. The summed E-state index contributed by atoms with van der Waals surface area (Å²) in [7, 11) is 0. The quantitative estimate of drug-likeness (QED) is 0.337. The molecular formula is C20H19ClN2O2S. The third-order valence-corrected chi connectivity index (χ3v) is 6.32. The van der Waals surface area contributed by atoms with Crippen LogP contribution in [-0.2, 0) is 9.53 Å². The van der Waals surface area contributed by atoms with E-state index in [0.717, 1.165) is 47.1 Å². The lowest BCUT2D eigenvalue weighted by atomic mass is 9.81. The summed E-state index contributed by atoms with van der Waals surface area (Å²) in [6.07, 6.45) is 4.94. The largest absolute Gasteiger partial charge is 0.461 e. The molecule has 26 heavy (non-hydrogen) atoms. The van der Waals surface area contributed by atoms with Crippen molar-refractivity contribution in [3.05, 3.63) is 47.9 Å². The molecule has 2 aromatic heterocycles. The van der Waals surface area contributed by atoms with Crippen LogP contribution < -0.4 is 0 Å². The Morgan fingerprint density at radius 2 is 2.04 bits per heavy atom. The first-order valence-corrected chi connectivity index (χ1v) is 9.99. The van der Waals surface area contributed by atoms with Gasteiger partial charge in [-0.1, -0.05) is 42.5 Å². The molecule has 1 aliphatic carbocycles. The van der Waals surface area contributed by atoms with Gasteiger partial charge in [0.15, 0.2) is 0 Å². The van der Waals surface area contributed by atoms with Crippen molar-refractivity contribution in [1.29, 1.82) is 0 Å². The molecule has 0 saturated heterocycles. The van der Waals surface area contributed by atoms with Crippen LogP contribution in [0.4, 0.5) is 0 Å². The zero-order chi connectivity index (χ0) is 18.1. The van der Waals surface area contributed by atoms with E-state index in [1.165, 1.54) is 4.70 Å². The molecule has 2 heterocycles. The Morgan fingerprint density at radius 1 is 1.27 bits per heavy atom. The van der Waals surface area contributed by atoms with Gasteiger partial charge in [0.05, 0.1) is 11.3 Å². The Kier molecular flexibility index (Phi) is 4.92. The fourth-order valence-electron chi connectivity index (χ4n) is 3.62. The van der Waals surface area contributed by atoms with Gasteiger partial charge < -0.3 is 4.74 Å². The van der Waals surface area contributed by atoms with E-state index in [2.05, 4.69) is 23.7 Å². The zero-order valence-corrected chi connectivity index (χ0v) is 15.9. The first-order valence-electron chi connectivity index (χ1n) is 8.79. The van der Waals surface area contributed by atoms with Gasteiger partial charge in [-0.15, -0.1) is 11.3 Å². The second kappa shape index (κ2) is 7.33. The smallest absolute Gasteiger partial charge is 0.309 e. The molecule has 1 fully saturated rings. The molecule has 0 amide bonds. The van der Waals surface area contributed by atoms with Crippen molar-refractivity contribution < 1.29 is 9.53 Å². The maximum Gasteiger partial charge on any atom is 0.309 e. The normalized spacial score (nSPS) is 20.3. The molecule has 1 saturated carbocycles. The Bertz CT molecular complexity index is 977. The molecule has 0 aliphatic heterocycles. The van der Waals surface area contributed by atoms with Crippen LogP contribution in [0.2, 0.25) is 5.15 Å². The van der Waals surface area contributed by atoms with Crippen LogP contribution in [0.3, 0.4) is 0 Å². The van der Waals surface area contributed by atoms with Crippen LogP contribution in [0.25, 0.3) is 20.3 Å². The predicted octanol–water partition coefficient (Wildman–Crippen LogP) is 5.50. The average Bonchev–Trinajstić information content (AvgIpc) is 3.05. The van der Waals surface area contributed by atoms with Gasteiger partial charge in [0.2, 0.25) is 0 Å². The lowest BCUT2D eigenvalue weighted by molar-refractivity contribution is -0.148. The van der Waals surface area contributed by atoms with Crippen LogP contribution in [-0.4, -0.2) is 22.5 Å². The standard InChI is InChI=1S/C20H19ClN2O2S/c1-2-11-25-20(24)13-9-7-12(8-10-13)18-22-17(21)16-14-5-3-4-6-15(14)26-19(16)23-18/h2-6,12-13H,1,7-11H2. The summed E-state index contributed by atoms with van der Waals surface area (Å²) in [6, 6.07) is 8.17. The van der Waals surface area contributed by atoms with Gasteiger partial charge in [0, 0.05) is 16.0 Å². The molecule has 3 aromatic rings. The van der Waals surface area contributed by atoms with Crippen LogP contribution in [0.15, 0.2) is 36.9 Å². The second-order valence-corrected chi connectivity index (χ2v) is 8.01. The summed E-state index contributed by atoms with van der Waals surface area (Å²) in [5.41, 5.74) is 0. The number of carbonyl (C=O) groups is 1. The number of benzene rings is 1. The van der Waals surface area contributed by atoms with Crippen molar-refractivity contribution in [2.75, 3.05) is 6.61 Å². The SMILES string of the molecule is C=CCOC(=O)C1CCC(c2nc(Cl)c3c(n2)sc2ccccc23)CC1. The topological polar surface area (TPSA) is 52.1 Å². The molecule has 6 heteroatoms. The minimum atomic E-state index is -0.123. The summed E-state index contributed by atoms with van der Waals surface area (Å²) in [4.78, 5) is 22.4. The minimum absolute atomic E-state index is 0.0327. The van der Waals surface area contributed by atoms with Crippen molar-refractivity contribution in [3.8, 4) is 0 Å². The summed E-state index contributed by atoms with van der Waals surface area (Å²) < 4.78 is 6.35. The monoisotopic (exact) mass is 386 g/mol. The Hall–Kier alpha value is -1.98. The van der Waals surface area contributed by atoms with E-state index < -0.39 is 0 Å². The van der Waals surface area contributed by atoms with Gasteiger partial charge in [-0.25, -0.2) is 9.97 Å². The van der Waals surface area contributed by atoms with E-state index in [9.17, 15) is 4.79 Å². The maximum atomic E-state index is 12.0. The predicted molar refractivity (Wildman–Crippen MR) is 106 cm³/mol. The number of hydrogen-bond acceptors (Lipinski definition) is 5. The Balaban J connectivity index is 1.55. The molecule has 4 rings (SSSR count). The number of halogens is 1. The molecule has 1 aliphatic rings. The van der Waals surface area contributed by atoms with Gasteiger partial charge in [0.25, 0.3) is 0 Å². The fraction of sp³-hybridized carbons (Fsp3) is 0.350. The van der Waals surface area contributed by atoms with Crippen molar-refractivity contribution in [2.45, 2.75) is 31.6 Å². The van der Waals surface area contributed by atoms with Gasteiger partial charge in [-0.2, -0.15) is 0 Å². The number of thiophene rings is 1. The highest BCUT2D eigenvalue weighted by molar-refractivity contribution is 7.25. The molecule has 0 spiro atoms. The number of fused-ring (bicyclic) bond motifs is 3. The van der Waals surface area contributed by atoms with Crippen molar-refractivity contribution in [3.63, 3.8) is 0 Å². The van der Waals surface area contributed by atoms with Gasteiger partial charge in [-0.3, -0.25) is 4.79 Å². The Labute approximate surface area is 160 Å². The first-order chi connectivity index (χ1) is 12.7. The summed E-state index contributed by atoms with van der Waals surface area (Å²) in [5, 5.41) is 2.57. The first kappa shape index (κ1) is 17.4. The lowest BCUT2D eigenvalue weighted by Crippen LogP contribution is -2.24. The van der Waals surface area contributed by atoms with Crippen molar-refractivity contribution >= 4 is 49.2 Å². The third kappa shape index (κ3) is 3.21. The van der Waals surface area contributed by atoms with Crippen LogP contribution in [0, 0.1) is 5.92 Å². The van der Waals surface area contributed by atoms with E-state index in [4.69, 9.17) is 21.3 Å².